The van der Waals surface area contributed by atoms with Gasteiger partial charge in [-0.25, -0.2) is 0 Å². The predicted molar refractivity (Wildman–Crippen MR) is 145 cm³/mol. The van der Waals surface area contributed by atoms with Crippen LogP contribution in [0.15, 0.2) is 42.5 Å². The minimum Gasteiger partial charge on any atom is -0.493 e. The molecule has 9 heteroatoms. The van der Waals surface area contributed by atoms with Gasteiger partial charge < -0.3 is 29.2 Å². The molecule has 0 saturated heterocycles. The van der Waals surface area contributed by atoms with Crippen molar-refractivity contribution in [2.45, 2.75) is 70.2 Å². The number of methoxy groups -OCH3 is 1. The first-order valence-electron chi connectivity index (χ1n) is 13.3. The van der Waals surface area contributed by atoms with Gasteiger partial charge >= 0.3 is 0 Å². The van der Waals surface area contributed by atoms with Crippen LogP contribution in [0, 0.1) is 0 Å². The fourth-order valence-corrected chi connectivity index (χ4v) is 5.16. The zero-order chi connectivity index (χ0) is 27.1. The molecular weight excluding hydrogens is 508 g/mol. The molecule has 1 saturated carbocycles. The monoisotopic (exact) mass is 544 g/mol. The van der Waals surface area contributed by atoms with Crippen molar-refractivity contribution in [2.75, 3.05) is 26.1 Å². The van der Waals surface area contributed by atoms with E-state index < -0.39 is 12.1 Å². The summed E-state index contributed by atoms with van der Waals surface area (Å²) in [5, 5.41) is 3.19. The Hall–Kier alpha value is -3.13. The molecule has 2 atom stereocenters. The summed E-state index contributed by atoms with van der Waals surface area (Å²) >= 11 is 6.07. The van der Waals surface area contributed by atoms with Gasteiger partial charge in [-0.3, -0.25) is 9.59 Å². The maximum Gasteiger partial charge on any atom is 0.247 e. The number of carbonyl (C=O) groups is 2. The van der Waals surface area contributed by atoms with Crippen molar-refractivity contribution < 1.29 is 28.5 Å². The molecule has 8 nitrogen and oxygen atoms in total. The number of amides is 2. The van der Waals surface area contributed by atoms with E-state index in [1.54, 1.807) is 25.3 Å². The Kier molecular flexibility index (Phi) is 9.61. The molecule has 1 fully saturated rings. The largest absolute Gasteiger partial charge is 0.493 e. The number of benzene rings is 2. The Morgan fingerprint density at radius 2 is 1.82 bits per heavy atom. The summed E-state index contributed by atoms with van der Waals surface area (Å²) in [4.78, 5) is 28.6. The van der Waals surface area contributed by atoms with E-state index in [0.717, 1.165) is 25.7 Å². The van der Waals surface area contributed by atoms with Crippen LogP contribution in [0.2, 0.25) is 0 Å². The van der Waals surface area contributed by atoms with Crippen molar-refractivity contribution in [2.24, 2.45) is 0 Å². The molecule has 2 aliphatic rings. The molecule has 0 aromatic heterocycles. The zero-order valence-corrected chi connectivity index (χ0v) is 23.0. The SMILES string of the molecule is COc1cc([C@H](C(=O)NC2CCCCC2)N(C[C@@H]2COc3ccccc3O2)C(=O)CCl)ccc1OC(C)C. The summed E-state index contributed by atoms with van der Waals surface area (Å²) in [6, 6.07) is 11.8. The normalized spacial score (nSPS) is 18.0. The van der Waals surface area contributed by atoms with Gasteiger partial charge in [0.25, 0.3) is 0 Å². The van der Waals surface area contributed by atoms with Crippen molar-refractivity contribution >= 4 is 23.4 Å². The number of halogens is 1. The molecule has 1 heterocycles. The van der Waals surface area contributed by atoms with Gasteiger partial charge in [-0.2, -0.15) is 0 Å². The van der Waals surface area contributed by atoms with E-state index in [1.165, 1.54) is 11.3 Å². The van der Waals surface area contributed by atoms with Gasteiger partial charge in [0, 0.05) is 6.04 Å². The van der Waals surface area contributed by atoms with Crippen LogP contribution < -0.4 is 24.3 Å². The third kappa shape index (κ3) is 6.84. The summed E-state index contributed by atoms with van der Waals surface area (Å²) in [7, 11) is 1.55. The Bertz CT molecular complexity index is 1100. The fraction of sp³-hybridized carbons (Fsp3) is 0.517. The van der Waals surface area contributed by atoms with Gasteiger partial charge in [0.05, 0.1) is 19.8 Å². The predicted octanol–water partition coefficient (Wildman–Crippen LogP) is 4.88. The lowest BCUT2D eigenvalue weighted by Gasteiger charge is -2.36. The molecule has 206 valence electrons. The number of hydrogen-bond acceptors (Lipinski definition) is 6. The molecule has 2 aromatic carbocycles. The smallest absolute Gasteiger partial charge is 0.247 e. The van der Waals surface area contributed by atoms with E-state index in [2.05, 4.69) is 5.32 Å². The lowest BCUT2D eigenvalue weighted by molar-refractivity contribution is -0.141. The molecular formula is C29H37ClN2O6. The van der Waals surface area contributed by atoms with Crippen molar-refractivity contribution in [1.29, 1.82) is 0 Å². The maximum atomic E-state index is 13.9. The number of hydrogen-bond donors (Lipinski definition) is 1. The van der Waals surface area contributed by atoms with Crippen LogP contribution in [0.25, 0.3) is 0 Å². The molecule has 0 unspecified atom stereocenters. The molecule has 4 rings (SSSR count). The number of fused-ring (bicyclic) bond motifs is 1. The van der Waals surface area contributed by atoms with Crippen molar-refractivity contribution in [3.8, 4) is 23.0 Å². The number of nitrogens with one attached hydrogen (secondary N) is 1. The van der Waals surface area contributed by atoms with Crippen molar-refractivity contribution in [3.05, 3.63) is 48.0 Å². The lowest BCUT2D eigenvalue weighted by atomic mass is 9.94. The van der Waals surface area contributed by atoms with E-state index in [4.69, 9.17) is 30.5 Å². The highest BCUT2D eigenvalue weighted by Crippen LogP contribution is 2.35. The Morgan fingerprint density at radius 3 is 2.50 bits per heavy atom. The van der Waals surface area contributed by atoms with E-state index in [-0.39, 0.29) is 43.0 Å². The second kappa shape index (κ2) is 13.1. The first-order valence-corrected chi connectivity index (χ1v) is 13.8. The van der Waals surface area contributed by atoms with Crippen LogP contribution in [0.4, 0.5) is 0 Å². The average Bonchev–Trinajstić information content (AvgIpc) is 2.93. The van der Waals surface area contributed by atoms with Gasteiger partial charge in [0.1, 0.15) is 18.5 Å². The molecule has 1 aliphatic carbocycles. The summed E-state index contributed by atoms with van der Waals surface area (Å²) in [5.74, 6) is 1.39. The average molecular weight is 545 g/mol. The Balaban J connectivity index is 1.66. The Labute approximate surface area is 229 Å². The lowest BCUT2D eigenvalue weighted by Crippen LogP contribution is -2.51. The van der Waals surface area contributed by atoms with Crippen LogP contribution in [0.3, 0.4) is 0 Å². The number of para-hydroxylation sites is 2. The van der Waals surface area contributed by atoms with Crippen LogP contribution in [-0.4, -0.2) is 61.1 Å². The molecule has 2 amide bonds. The minimum absolute atomic E-state index is 0.0548. The van der Waals surface area contributed by atoms with Gasteiger partial charge in [-0.15, -0.1) is 11.6 Å². The summed E-state index contributed by atoms with van der Waals surface area (Å²) in [5.41, 5.74) is 0.599. The molecule has 0 bridgehead atoms. The van der Waals surface area contributed by atoms with Gasteiger partial charge in [-0.05, 0) is 56.5 Å². The number of alkyl halides is 1. The highest BCUT2D eigenvalue weighted by Gasteiger charge is 2.36. The molecule has 1 aliphatic heterocycles. The van der Waals surface area contributed by atoms with E-state index in [1.807, 2.05) is 38.1 Å². The van der Waals surface area contributed by atoms with Gasteiger partial charge in [-0.1, -0.05) is 37.5 Å². The standard InChI is InChI=1S/C29H37ClN2O6/c1-19(2)37-25-14-13-20(15-26(25)35-3)28(29(34)31-21-9-5-4-6-10-21)32(27(33)16-30)17-22-18-36-23-11-7-8-12-24(23)38-22/h7-8,11-15,19,21-22,28H,4-6,9-10,16-18H2,1-3H3,(H,31,34)/t22-,28-/m1/s1. The fourth-order valence-electron chi connectivity index (χ4n) is 5.01. The number of rotatable bonds is 10. The summed E-state index contributed by atoms with van der Waals surface area (Å²) in [6.07, 6.45) is 4.62. The number of carbonyl (C=O) groups excluding carboxylic acids is 2. The topological polar surface area (TPSA) is 86.3 Å². The van der Waals surface area contributed by atoms with Crippen LogP contribution in [-0.2, 0) is 9.59 Å². The van der Waals surface area contributed by atoms with Gasteiger partial charge in [0.2, 0.25) is 11.8 Å². The zero-order valence-electron chi connectivity index (χ0n) is 22.3. The van der Waals surface area contributed by atoms with E-state index in [0.29, 0.717) is 28.6 Å². The summed E-state index contributed by atoms with van der Waals surface area (Å²) < 4.78 is 23.5. The maximum absolute atomic E-state index is 13.9. The highest BCUT2D eigenvalue weighted by atomic mass is 35.5. The molecule has 2 aromatic rings. The number of ether oxygens (including phenoxy) is 4. The first kappa shape index (κ1) is 27.9. The third-order valence-corrected chi connectivity index (χ3v) is 7.01. The van der Waals surface area contributed by atoms with Crippen LogP contribution >= 0.6 is 11.6 Å². The van der Waals surface area contributed by atoms with E-state index >= 15 is 0 Å². The minimum atomic E-state index is -0.939. The van der Waals surface area contributed by atoms with Gasteiger partial charge in [0.15, 0.2) is 29.1 Å². The summed E-state index contributed by atoms with van der Waals surface area (Å²) in [6.45, 7) is 4.22. The van der Waals surface area contributed by atoms with Crippen molar-refractivity contribution in [3.63, 3.8) is 0 Å². The molecule has 38 heavy (non-hydrogen) atoms. The number of nitrogens with zero attached hydrogens (tertiary/aromatic N) is 1. The first-order chi connectivity index (χ1) is 18.4. The molecule has 0 spiro atoms. The Morgan fingerprint density at radius 1 is 1.08 bits per heavy atom. The van der Waals surface area contributed by atoms with Crippen molar-refractivity contribution in [1.82, 2.24) is 10.2 Å². The van der Waals surface area contributed by atoms with Crippen LogP contribution in [0.1, 0.15) is 57.6 Å². The highest BCUT2D eigenvalue weighted by molar-refractivity contribution is 6.27. The van der Waals surface area contributed by atoms with Crippen LogP contribution in [0.5, 0.6) is 23.0 Å². The second-order valence-electron chi connectivity index (χ2n) is 10.0. The van der Waals surface area contributed by atoms with E-state index in [9.17, 15) is 9.59 Å². The molecule has 0 radical (unpaired) electrons. The second-order valence-corrected chi connectivity index (χ2v) is 10.3. The quantitative estimate of drug-likeness (QED) is 0.429. The third-order valence-electron chi connectivity index (χ3n) is 6.78. The molecule has 1 N–H and O–H groups in total.